The van der Waals surface area contributed by atoms with Crippen molar-refractivity contribution in [2.45, 2.75) is 29.7 Å². The molecule has 1 saturated heterocycles. The Morgan fingerprint density at radius 3 is 3.00 bits per heavy atom. The fourth-order valence-electron chi connectivity index (χ4n) is 2.81. The lowest BCUT2D eigenvalue weighted by molar-refractivity contribution is 0.0795. The molecule has 3 rings (SSSR count). The summed E-state index contributed by atoms with van der Waals surface area (Å²) in [4.78, 5) is 13.4. The number of carbonyl (C=O) groups excluding carboxylic acids is 1. The summed E-state index contributed by atoms with van der Waals surface area (Å²) >= 11 is 1.57. The highest BCUT2D eigenvalue weighted by Crippen LogP contribution is 2.27. The van der Waals surface area contributed by atoms with Crippen molar-refractivity contribution < 1.29 is 9.21 Å². The number of hydrogen-bond donors (Lipinski definition) is 1. The van der Waals surface area contributed by atoms with E-state index in [9.17, 15) is 4.79 Å². The molecule has 1 fully saturated rings. The number of carbonyl (C=O) groups is 1. The van der Waals surface area contributed by atoms with E-state index in [0.29, 0.717) is 17.4 Å². The topological polar surface area (TPSA) is 76.2 Å². The predicted molar refractivity (Wildman–Crippen MR) is 92.1 cm³/mol. The number of amides is 1. The van der Waals surface area contributed by atoms with Crippen LogP contribution in [0.25, 0.3) is 0 Å². The van der Waals surface area contributed by atoms with Crippen LogP contribution in [0.15, 0.2) is 21.7 Å². The van der Waals surface area contributed by atoms with Gasteiger partial charge in [-0.1, -0.05) is 11.8 Å². The Bertz CT molecular complexity index is 703. The van der Waals surface area contributed by atoms with Crippen LogP contribution in [-0.4, -0.2) is 52.8 Å². The smallest absolute Gasteiger partial charge is 0.289 e. The summed E-state index contributed by atoms with van der Waals surface area (Å²) in [7, 11) is 5.43. The summed E-state index contributed by atoms with van der Waals surface area (Å²) in [5, 5.41) is 13.0. The van der Waals surface area contributed by atoms with Crippen LogP contribution in [0.5, 0.6) is 0 Å². The van der Waals surface area contributed by atoms with Gasteiger partial charge in [0, 0.05) is 33.6 Å². The molecule has 7 nitrogen and oxygen atoms in total. The van der Waals surface area contributed by atoms with Crippen molar-refractivity contribution in [3.63, 3.8) is 0 Å². The average Bonchev–Trinajstić information content (AvgIpc) is 3.20. The lowest BCUT2D eigenvalue weighted by Crippen LogP contribution is -2.29. The lowest BCUT2D eigenvalue weighted by atomic mass is 9.99. The maximum Gasteiger partial charge on any atom is 0.289 e. The number of rotatable bonds is 5. The minimum atomic E-state index is -0.128. The number of piperidine rings is 1. The fraction of sp³-hybridized carbons (Fsp3) is 0.562. The highest BCUT2D eigenvalue weighted by molar-refractivity contribution is 7.98. The molecule has 8 heteroatoms. The van der Waals surface area contributed by atoms with Gasteiger partial charge in [-0.25, -0.2) is 0 Å². The molecule has 3 heterocycles. The second-order valence-electron chi connectivity index (χ2n) is 6.20. The van der Waals surface area contributed by atoms with Gasteiger partial charge in [-0.05, 0) is 31.5 Å². The second-order valence-corrected chi connectivity index (χ2v) is 7.14. The molecule has 0 spiro atoms. The van der Waals surface area contributed by atoms with Crippen LogP contribution < -0.4 is 5.32 Å². The monoisotopic (exact) mass is 349 g/mol. The number of furan rings is 1. The molecule has 1 amide bonds. The molecule has 1 unspecified atom stereocenters. The van der Waals surface area contributed by atoms with Crippen LogP contribution in [0.1, 0.15) is 40.9 Å². The third kappa shape index (κ3) is 3.64. The van der Waals surface area contributed by atoms with E-state index in [-0.39, 0.29) is 5.91 Å². The molecule has 0 radical (unpaired) electrons. The van der Waals surface area contributed by atoms with Crippen molar-refractivity contribution in [1.82, 2.24) is 25.0 Å². The van der Waals surface area contributed by atoms with E-state index in [4.69, 9.17) is 4.42 Å². The zero-order valence-corrected chi connectivity index (χ0v) is 15.1. The van der Waals surface area contributed by atoms with Gasteiger partial charge in [0.25, 0.3) is 5.91 Å². The van der Waals surface area contributed by atoms with Crippen LogP contribution in [0.4, 0.5) is 0 Å². The zero-order valence-electron chi connectivity index (χ0n) is 14.3. The summed E-state index contributed by atoms with van der Waals surface area (Å²) in [6.07, 6.45) is 2.33. The second kappa shape index (κ2) is 7.40. The first-order valence-corrected chi connectivity index (χ1v) is 9.08. The molecule has 0 aromatic carbocycles. The van der Waals surface area contributed by atoms with Crippen LogP contribution in [0, 0.1) is 0 Å². The Hall–Kier alpha value is -1.80. The molecule has 0 bridgehead atoms. The maximum atomic E-state index is 11.9. The molecule has 1 N–H and O–H groups in total. The van der Waals surface area contributed by atoms with Crippen LogP contribution in [-0.2, 0) is 12.8 Å². The van der Waals surface area contributed by atoms with Crippen LogP contribution in [0.3, 0.4) is 0 Å². The molecule has 2 aromatic heterocycles. The number of thioether (sulfide) groups is 1. The van der Waals surface area contributed by atoms with Crippen molar-refractivity contribution in [1.29, 1.82) is 0 Å². The van der Waals surface area contributed by atoms with Crippen molar-refractivity contribution in [2.75, 3.05) is 27.2 Å². The van der Waals surface area contributed by atoms with Gasteiger partial charge in [-0.2, -0.15) is 0 Å². The standard InChI is InChI=1S/C16H23N5O2S/c1-20(2)15(22)13-7-6-12(23-13)10-24-16-19-18-14(21(16)3)11-5-4-8-17-9-11/h6-7,11,17H,4-5,8-10H2,1-3H3. The Labute approximate surface area is 145 Å². The fourth-order valence-corrected chi connectivity index (χ4v) is 3.62. The summed E-state index contributed by atoms with van der Waals surface area (Å²) in [5.74, 6) is 3.08. The van der Waals surface area contributed by atoms with E-state index in [0.717, 1.165) is 36.3 Å². The zero-order chi connectivity index (χ0) is 17.1. The van der Waals surface area contributed by atoms with Crippen molar-refractivity contribution in [3.05, 3.63) is 29.5 Å². The van der Waals surface area contributed by atoms with Gasteiger partial charge in [0.05, 0.1) is 5.75 Å². The number of nitrogens with zero attached hydrogens (tertiary/aromatic N) is 4. The maximum absolute atomic E-state index is 11.9. The molecule has 24 heavy (non-hydrogen) atoms. The van der Waals surface area contributed by atoms with E-state index in [1.165, 1.54) is 11.3 Å². The van der Waals surface area contributed by atoms with Gasteiger partial charge < -0.3 is 19.2 Å². The molecular formula is C16H23N5O2S. The predicted octanol–water partition coefficient (Wildman–Crippen LogP) is 1.87. The average molecular weight is 349 g/mol. The van der Waals surface area contributed by atoms with E-state index in [1.54, 1.807) is 31.9 Å². The third-order valence-electron chi connectivity index (χ3n) is 4.15. The van der Waals surface area contributed by atoms with Gasteiger partial charge in [0.15, 0.2) is 10.9 Å². The van der Waals surface area contributed by atoms with Gasteiger partial charge in [0.1, 0.15) is 11.6 Å². The minimum absolute atomic E-state index is 0.128. The highest BCUT2D eigenvalue weighted by atomic mass is 32.2. The molecule has 0 aliphatic carbocycles. The van der Waals surface area contributed by atoms with Gasteiger partial charge >= 0.3 is 0 Å². The first-order valence-electron chi connectivity index (χ1n) is 8.09. The molecule has 1 aliphatic heterocycles. The summed E-state index contributed by atoms with van der Waals surface area (Å²) < 4.78 is 7.68. The normalized spacial score (nSPS) is 17.9. The van der Waals surface area contributed by atoms with E-state index in [1.807, 2.05) is 13.1 Å². The molecule has 130 valence electrons. The Kier molecular flexibility index (Phi) is 5.25. The van der Waals surface area contributed by atoms with Gasteiger partial charge in [-0.15, -0.1) is 10.2 Å². The van der Waals surface area contributed by atoms with E-state index < -0.39 is 0 Å². The van der Waals surface area contributed by atoms with E-state index in [2.05, 4.69) is 20.1 Å². The SMILES string of the molecule is CN(C)C(=O)c1ccc(CSc2nnc(C3CCCNC3)n2C)o1. The van der Waals surface area contributed by atoms with Crippen LogP contribution in [0.2, 0.25) is 0 Å². The molecule has 2 aromatic rings. The first-order chi connectivity index (χ1) is 11.6. The minimum Gasteiger partial charge on any atom is -0.455 e. The molecular weight excluding hydrogens is 326 g/mol. The first kappa shape index (κ1) is 17.0. The van der Waals surface area contributed by atoms with Crippen molar-refractivity contribution in [3.8, 4) is 0 Å². The van der Waals surface area contributed by atoms with E-state index >= 15 is 0 Å². The molecule has 1 atom stereocenters. The van der Waals surface area contributed by atoms with Crippen molar-refractivity contribution in [2.24, 2.45) is 7.05 Å². The molecule has 1 aliphatic rings. The third-order valence-corrected chi connectivity index (χ3v) is 5.20. The summed E-state index contributed by atoms with van der Waals surface area (Å²) in [5.41, 5.74) is 0. The lowest BCUT2D eigenvalue weighted by Gasteiger charge is -2.21. The Morgan fingerprint density at radius 2 is 2.29 bits per heavy atom. The number of hydrogen-bond acceptors (Lipinski definition) is 6. The Morgan fingerprint density at radius 1 is 1.46 bits per heavy atom. The quantitative estimate of drug-likeness (QED) is 0.831. The van der Waals surface area contributed by atoms with Gasteiger partial charge in [0.2, 0.25) is 0 Å². The number of aromatic nitrogens is 3. The van der Waals surface area contributed by atoms with Crippen molar-refractivity contribution >= 4 is 17.7 Å². The molecule has 0 saturated carbocycles. The largest absolute Gasteiger partial charge is 0.455 e. The summed E-state index contributed by atoms with van der Waals surface area (Å²) in [6.45, 7) is 2.05. The highest BCUT2D eigenvalue weighted by Gasteiger charge is 2.22. The Balaban J connectivity index is 1.63. The van der Waals surface area contributed by atoms with Gasteiger partial charge in [-0.3, -0.25) is 4.79 Å². The van der Waals surface area contributed by atoms with Crippen LogP contribution >= 0.6 is 11.8 Å². The number of nitrogens with one attached hydrogen (secondary N) is 1. The summed E-state index contributed by atoms with van der Waals surface area (Å²) in [6, 6.07) is 3.56.